The summed E-state index contributed by atoms with van der Waals surface area (Å²) < 4.78 is 13.1. The molecule has 2 fully saturated rings. The second-order valence-corrected chi connectivity index (χ2v) is 7.51. The Hall–Kier alpha value is -2.60. The van der Waals surface area contributed by atoms with Crippen LogP contribution < -0.4 is 15.5 Å². The van der Waals surface area contributed by atoms with Gasteiger partial charge in [0.1, 0.15) is 5.82 Å². The van der Waals surface area contributed by atoms with Crippen molar-refractivity contribution in [2.45, 2.75) is 18.4 Å². The number of urea groups is 1. The molecular formula is C21H25FN4O. The van der Waals surface area contributed by atoms with Crippen LogP contribution in [0.25, 0.3) is 0 Å². The van der Waals surface area contributed by atoms with E-state index in [9.17, 15) is 9.18 Å². The maximum Gasteiger partial charge on any atom is 0.319 e. The van der Waals surface area contributed by atoms with E-state index in [0.29, 0.717) is 0 Å². The number of piperazine rings is 1. The maximum absolute atomic E-state index is 13.1. The van der Waals surface area contributed by atoms with Crippen molar-refractivity contribution in [1.82, 2.24) is 10.2 Å². The summed E-state index contributed by atoms with van der Waals surface area (Å²) in [5.41, 5.74) is 2.53. The number of carbonyl (C=O) groups excluding carboxylic acids is 1. The van der Waals surface area contributed by atoms with E-state index in [1.807, 2.05) is 24.3 Å². The van der Waals surface area contributed by atoms with Crippen LogP contribution in [0.3, 0.4) is 0 Å². The van der Waals surface area contributed by atoms with Gasteiger partial charge in [0.25, 0.3) is 0 Å². The van der Waals surface area contributed by atoms with E-state index in [-0.39, 0.29) is 17.4 Å². The Bertz CT molecular complexity index is 794. The summed E-state index contributed by atoms with van der Waals surface area (Å²) in [5.74, 6) is -0.264. The van der Waals surface area contributed by atoms with Gasteiger partial charge in [0, 0.05) is 37.6 Å². The topological polar surface area (TPSA) is 47.6 Å². The van der Waals surface area contributed by atoms with E-state index in [1.165, 1.54) is 17.8 Å². The zero-order valence-electron chi connectivity index (χ0n) is 15.5. The quantitative estimate of drug-likeness (QED) is 0.870. The fourth-order valence-corrected chi connectivity index (χ4v) is 3.58. The smallest absolute Gasteiger partial charge is 0.319 e. The predicted molar refractivity (Wildman–Crippen MR) is 106 cm³/mol. The largest absolute Gasteiger partial charge is 0.369 e. The number of amides is 2. The summed E-state index contributed by atoms with van der Waals surface area (Å²) in [5, 5.41) is 5.95. The van der Waals surface area contributed by atoms with Crippen LogP contribution in [0.1, 0.15) is 18.4 Å². The molecule has 1 aliphatic heterocycles. The molecule has 0 atom stereocenters. The molecule has 2 amide bonds. The van der Waals surface area contributed by atoms with Gasteiger partial charge in [0.15, 0.2) is 0 Å². The summed E-state index contributed by atoms with van der Waals surface area (Å²) in [4.78, 5) is 17.1. The van der Waals surface area contributed by atoms with Gasteiger partial charge in [0.05, 0.1) is 5.54 Å². The highest BCUT2D eigenvalue weighted by molar-refractivity contribution is 5.90. The standard InChI is InChI=1S/C21H25FN4O/c1-25-12-14-26(15-13-25)19-8-6-18(7-9-19)23-20(27)24-21(10-11-21)16-2-4-17(22)5-3-16/h2-9H,10-15H2,1H3,(H2,23,24,27). The first-order chi connectivity index (χ1) is 13.0. The Kier molecular flexibility index (Phi) is 4.74. The molecule has 1 heterocycles. The third-order valence-electron chi connectivity index (χ3n) is 5.49. The Labute approximate surface area is 159 Å². The molecule has 0 spiro atoms. The second kappa shape index (κ2) is 7.19. The van der Waals surface area contributed by atoms with E-state index < -0.39 is 0 Å². The number of likely N-dealkylation sites (N-methyl/N-ethyl adjacent to an activating group) is 1. The highest BCUT2D eigenvalue weighted by Gasteiger charge is 2.45. The van der Waals surface area contributed by atoms with Crippen LogP contribution in [-0.4, -0.2) is 44.2 Å². The van der Waals surface area contributed by atoms with Crippen molar-refractivity contribution in [3.05, 3.63) is 59.9 Å². The first kappa shape index (κ1) is 17.8. The monoisotopic (exact) mass is 368 g/mol. The fourth-order valence-electron chi connectivity index (χ4n) is 3.58. The normalized spacial score (nSPS) is 18.8. The molecule has 2 N–H and O–H groups in total. The van der Waals surface area contributed by atoms with E-state index in [1.54, 1.807) is 12.1 Å². The Morgan fingerprint density at radius 2 is 1.59 bits per heavy atom. The van der Waals surface area contributed by atoms with Crippen molar-refractivity contribution in [1.29, 1.82) is 0 Å². The van der Waals surface area contributed by atoms with Gasteiger partial charge >= 0.3 is 6.03 Å². The molecule has 1 aliphatic carbocycles. The van der Waals surface area contributed by atoms with Gasteiger partial charge in [-0.2, -0.15) is 0 Å². The van der Waals surface area contributed by atoms with Crippen molar-refractivity contribution in [3.8, 4) is 0 Å². The molecule has 2 aliphatic rings. The lowest BCUT2D eigenvalue weighted by atomic mass is 10.1. The minimum atomic E-state index is -0.364. The first-order valence-corrected chi connectivity index (χ1v) is 9.43. The number of nitrogens with one attached hydrogen (secondary N) is 2. The second-order valence-electron chi connectivity index (χ2n) is 7.51. The minimum absolute atomic E-state index is 0.232. The molecule has 0 radical (unpaired) electrons. The van der Waals surface area contributed by atoms with Crippen LogP contribution in [-0.2, 0) is 5.54 Å². The number of carbonyl (C=O) groups is 1. The molecule has 27 heavy (non-hydrogen) atoms. The van der Waals surface area contributed by atoms with Crippen LogP contribution in [0.2, 0.25) is 0 Å². The average Bonchev–Trinajstić information content (AvgIpc) is 3.44. The number of rotatable bonds is 4. The van der Waals surface area contributed by atoms with Crippen LogP contribution in [0.15, 0.2) is 48.5 Å². The number of benzene rings is 2. The maximum atomic E-state index is 13.1. The van der Waals surface area contributed by atoms with Crippen molar-refractivity contribution in [3.63, 3.8) is 0 Å². The lowest BCUT2D eigenvalue weighted by Gasteiger charge is -2.34. The van der Waals surface area contributed by atoms with Crippen LogP contribution in [0.5, 0.6) is 0 Å². The van der Waals surface area contributed by atoms with Gasteiger partial charge in [-0.1, -0.05) is 12.1 Å². The predicted octanol–water partition coefficient (Wildman–Crippen LogP) is 3.39. The molecular weight excluding hydrogens is 343 g/mol. The number of anilines is 2. The average molecular weight is 368 g/mol. The molecule has 5 nitrogen and oxygen atoms in total. The van der Waals surface area contributed by atoms with Gasteiger partial charge in [-0.25, -0.2) is 9.18 Å². The Balaban J connectivity index is 1.35. The summed E-state index contributed by atoms with van der Waals surface area (Å²) >= 11 is 0. The zero-order chi connectivity index (χ0) is 18.9. The summed E-state index contributed by atoms with van der Waals surface area (Å²) in [7, 11) is 2.14. The zero-order valence-corrected chi connectivity index (χ0v) is 15.5. The molecule has 0 aromatic heterocycles. The third-order valence-corrected chi connectivity index (χ3v) is 5.49. The Morgan fingerprint density at radius 1 is 0.963 bits per heavy atom. The van der Waals surface area contributed by atoms with E-state index in [2.05, 4.69) is 27.5 Å². The Morgan fingerprint density at radius 3 is 2.19 bits per heavy atom. The van der Waals surface area contributed by atoms with Gasteiger partial charge in [-0.3, -0.25) is 0 Å². The fraction of sp³-hybridized carbons (Fsp3) is 0.381. The number of hydrogen-bond donors (Lipinski definition) is 2. The first-order valence-electron chi connectivity index (χ1n) is 9.43. The molecule has 142 valence electrons. The molecule has 0 unspecified atom stereocenters. The van der Waals surface area contributed by atoms with Crippen LogP contribution >= 0.6 is 0 Å². The van der Waals surface area contributed by atoms with E-state index in [0.717, 1.165) is 50.3 Å². The minimum Gasteiger partial charge on any atom is -0.369 e. The van der Waals surface area contributed by atoms with Crippen LogP contribution in [0.4, 0.5) is 20.6 Å². The lowest BCUT2D eigenvalue weighted by molar-refractivity contribution is 0.247. The molecule has 6 heteroatoms. The van der Waals surface area contributed by atoms with Crippen molar-refractivity contribution >= 4 is 17.4 Å². The van der Waals surface area contributed by atoms with Gasteiger partial charge in [-0.05, 0) is 61.9 Å². The molecule has 1 saturated carbocycles. The summed E-state index contributed by atoms with van der Waals surface area (Å²) in [6, 6.07) is 14.1. The lowest BCUT2D eigenvalue weighted by Crippen LogP contribution is -2.44. The number of nitrogens with zero attached hydrogens (tertiary/aromatic N) is 2. The van der Waals surface area contributed by atoms with Crippen molar-refractivity contribution in [2.75, 3.05) is 43.4 Å². The van der Waals surface area contributed by atoms with Gasteiger partial charge in [0.2, 0.25) is 0 Å². The van der Waals surface area contributed by atoms with E-state index >= 15 is 0 Å². The van der Waals surface area contributed by atoms with Crippen molar-refractivity contribution < 1.29 is 9.18 Å². The molecule has 2 aromatic rings. The van der Waals surface area contributed by atoms with Gasteiger partial charge in [-0.15, -0.1) is 0 Å². The van der Waals surface area contributed by atoms with Crippen molar-refractivity contribution in [2.24, 2.45) is 0 Å². The SMILES string of the molecule is CN1CCN(c2ccc(NC(=O)NC3(c4ccc(F)cc4)CC3)cc2)CC1. The molecule has 1 saturated heterocycles. The van der Waals surface area contributed by atoms with E-state index in [4.69, 9.17) is 0 Å². The third kappa shape index (κ3) is 4.06. The number of hydrogen-bond acceptors (Lipinski definition) is 3. The molecule has 0 bridgehead atoms. The molecule has 4 rings (SSSR count). The highest BCUT2D eigenvalue weighted by Crippen LogP contribution is 2.45. The van der Waals surface area contributed by atoms with Crippen LogP contribution in [0, 0.1) is 5.82 Å². The van der Waals surface area contributed by atoms with Gasteiger partial charge < -0.3 is 20.4 Å². The summed E-state index contributed by atoms with van der Waals surface area (Å²) in [6.07, 6.45) is 1.74. The highest BCUT2D eigenvalue weighted by atomic mass is 19.1. The number of halogens is 1. The summed E-state index contributed by atoms with van der Waals surface area (Å²) in [6.45, 7) is 4.16. The molecule has 2 aromatic carbocycles.